The minimum absolute atomic E-state index is 0.0560. The number of hydrogen-bond acceptors (Lipinski definition) is 3. The molecule has 2 atom stereocenters. The van der Waals surface area contributed by atoms with Gasteiger partial charge in [-0.1, -0.05) is 96.9 Å². The Labute approximate surface area is 221 Å². The van der Waals surface area contributed by atoms with Crippen LogP contribution in [0.3, 0.4) is 0 Å². The zero-order valence-corrected chi connectivity index (χ0v) is 23.2. The summed E-state index contributed by atoms with van der Waals surface area (Å²) in [6, 6.07) is 20.2. The Morgan fingerprint density at radius 1 is 0.972 bits per heavy atom. The summed E-state index contributed by atoms with van der Waals surface area (Å²) in [4.78, 5) is 12.6. The molecule has 0 spiro atoms. The van der Waals surface area contributed by atoms with Gasteiger partial charge in [-0.2, -0.15) is 4.31 Å². The topological polar surface area (TPSA) is 74.7 Å². The predicted octanol–water partition coefficient (Wildman–Crippen LogP) is 6.94. The van der Waals surface area contributed by atoms with E-state index in [-0.39, 0.29) is 22.3 Å². The molecule has 1 heterocycles. The molecule has 0 aliphatic carbocycles. The van der Waals surface area contributed by atoms with Gasteiger partial charge in [-0.15, -0.1) is 0 Å². The monoisotopic (exact) mass is 567 g/mol. The summed E-state index contributed by atoms with van der Waals surface area (Å²) < 4.78 is 30.7. The predicted molar refractivity (Wildman–Crippen MR) is 145 cm³/mol. The zero-order chi connectivity index (χ0) is 26.3. The van der Waals surface area contributed by atoms with Crippen molar-refractivity contribution in [3.05, 3.63) is 111 Å². The molecular weight excluding hydrogens is 538 g/mol. The van der Waals surface area contributed by atoms with Crippen molar-refractivity contribution in [3.63, 3.8) is 0 Å². The fourth-order valence-electron chi connectivity index (χ4n) is 4.60. The normalized spacial score (nSPS) is 19.1. The lowest BCUT2D eigenvalue weighted by molar-refractivity contribution is -0.133. The standard InChI is InChI=1S/C29H30BrNO4S/c1-19-8-14-24(15-9-19)36(34,35)31-26(21-6-5-7-23(30)18-21)17-16-25(28(32)33)27(31)20-10-12-22(13-11-20)29(2,3)4/h5-16,18,26-27H,17H2,1-4H3,(H,32,33)/t26-,27-/m0/s1. The SMILES string of the molecule is Cc1ccc(S(=O)(=O)N2[C@@H](c3ccc(C(C)(C)C)cc3)C(C(=O)O)=CC[C@H]2c2cccc(Br)c2)cc1. The Hall–Kier alpha value is -2.74. The van der Waals surface area contributed by atoms with Crippen LogP contribution in [0.5, 0.6) is 0 Å². The lowest BCUT2D eigenvalue weighted by Gasteiger charge is -2.41. The third-order valence-corrected chi connectivity index (χ3v) is 8.97. The van der Waals surface area contributed by atoms with Crippen molar-refractivity contribution >= 4 is 31.9 Å². The first-order valence-corrected chi connectivity index (χ1v) is 14.0. The van der Waals surface area contributed by atoms with Gasteiger partial charge in [0.15, 0.2) is 0 Å². The van der Waals surface area contributed by atoms with Gasteiger partial charge in [0.2, 0.25) is 10.0 Å². The summed E-state index contributed by atoms with van der Waals surface area (Å²) in [7, 11) is -4.08. The van der Waals surface area contributed by atoms with Crippen molar-refractivity contribution in [2.24, 2.45) is 0 Å². The van der Waals surface area contributed by atoms with E-state index in [2.05, 4.69) is 36.7 Å². The van der Waals surface area contributed by atoms with Crippen molar-refractivity contribution in [1.29, 1.82) is 0 Å². The summed E-state index contributed by atoms with van der Waals surface area (Å²) >= 11 is 3.50. The Balaban J connectivity index is 1.95. The number of benzene rings is 3. The highest BCUT2D eigenvalue weighted by molar-refractivity contribution is 9.10. The highest BCUT2D eigenvalue weighted by atomic mass is 79.9. The average Bonchev–Trinajstić information content (AvgIpc) is 2.83. The van der Waals surface area contributed by atoms with E-state index >= 15 is 0 Å². The Kier molecular flexibility index (Phi) is 7.28. The molecule has 5 nitrogen and oxygen atoms in total. The third-order valence-electron chi connectivity index (χ3n) is 6.59. The molecule has 36 heavy (non-hydrogen) atoms. The number of aliphatic carboxylic acids is 1. The number of carboxylic acids is 1. The number of aryl methyl sites for hydroxylation is 1. The smallest absolute Gasteiger partial charge is 0.333 e. The van der Waals surface area contributed by atoms with E-state index < -0.39 is 28.1 Å². The molecule has 1 aliphatic heterocycles. The summed E-state index contributed by atoms with van der Waals surface area (Å²) in [5.41, 5.74) is 3.39. The van der Waals surface area contributed by atoms with Crippen LogP contribution in [0.1, 0.15) is 61.5 Å². The maximum atomic E-state index is 14.2. The maximum Gasteiger partial charge on any atom is 0.333 e. The number of carbonyl (C=O) groups is 1. The quantitative estimate of drug-likeness (QED) is 0.362. The second-order valence-electron chi connectivity index (χ2n) is 10.2. The Bertz CT molecular complexity index is 1400. The molecule has 0 aromatic heterocycles. The summed E-state index contributed by atoms with van der Waals surface area (Å²) in [5, 5.41) is 10.1. The van der Waals surface area contributed by atoms with Crippen molar-refractivity contribution in [1.82, 2.24) is 4.31 Å². The molecule has 188 valence electrons. The molecule has 1 aliphatic rings. The average molecular weight is 569 g/mol. The Morgan fingerprint density at radius 2 is 1.61 bits per heavy atom. The molecule has 0 saturated heterocycles. The highest BCUT2D eigenvalue weighted by Gasteiger charge is 2.44. The van der Waals surface area contributed by atoms with Crippen LogP contribution in [0.15, 0.2) is 93.8 Å². The van der Waals surface area contributed by atoms with E-state index in [1.165, 1.54) is 4.31 Å². The third kappa shape index (κ3) is 5.19. The zero-order valence-electron chi connectivity index (χ0n) is 20.8. The van der Waals surface area contributed by atoms with Crippen molar-refractivity contribution < 1.29 is 18.3 Å². The second-order valence-corrected chi connectivity index (χ2v) is 13.0. The number of nitrogens with zero attached hydrogens (tertiary/aromatic N) is 1. The van der Waals surface area contributed by atoms with Crippen LogP contribution in [-0.4, -0.2) is 23.8 Å². The minimum atomic E-state index is -4.08. The molecule has 3 aromatic rings. The summed E-state index contributed by atoms with van der Waals surface area (Å²) in [6.07, 6.45) is 1.91. The molecule has 4 rings (SSSR count). The number of rotatable bonds is 5. The highest BCUT2D eigenvalue weighted by Crippen LogP contribution is 2.46. The van der Waals surface area contributed by atoms with E-state index in [9.17, 15) is 18.3 Å². The maximum absolute atomic E-state index is 14.2. The van der Waals surface area contributed by atoms with Crippen LogP contribution in [-0.2, 0) is 20.2 Å². The van der Waals surface area contributed by atoms with E-state index in [4.69, 9.17) is 0 Å². The van der Waals surface area contributed by atoms with Gasteiger partial charge in [0.25, 0.3) is 0 Å². The fraction of sp³-hybridized carbons (Fsp3) is 0.276. The van der Waals surface area contributed by atoms with Crippen molar-refractivity contribution in [2.75, 3.05) is 0 Å². The van der Waals surface area contributed by atoms with Crippen LogP contribution in [0.4, 0.5) is 0 Å². The van der Waals surface area contributed by atoms with E-state index in [1.54, 1.807) is 30.3 Å². The molecular formula is C29H30BrNO4S. The van der Waals surface area contributed by atoms with Crippen LogP contribution in [0, 0.1) is 6.92 Å². The Morgan fingerprint density at radius 3 is 2.17 bits per heavy atom. The first-order valence-electron chi connectivity index (χ1n) is 11.8. The molecule has 1 N–H and O–H groups in total. The first-order chi connectivity index (χ1) is 16.9. The summed E-state index contributed by atoms with van der Waals surface area (Å²) in [5.74, 6) is -1.13. The van der Waals surface area contributed by atoms with Gasteiger partial charge in [0.05, 0.1) is 22.6 Å². The first kappa shape index (κ1) is 26.3. The molecule has 0 radical (unpaired) electrons. The molecule has 7 heteroatoms. The van der Waals surface area contributed by atoms with Crippen molar-refractivity contribution in [2.45, 2.75) is 56.5 Å². The van der Waals surface area contributed by atoms with Crippen LogP contribution in [0.25, 0.3) is 0 Å². The fourth-order valence-corrected chi connectivity index (χ4v) is 6.80. The summed E-state index contributed by atoms with van der Waals surface area (Å²) in [6.45, 7) is 8.19. The van der Waals surface area contributed by atoms with E-state index in [1.807, 2.05) is 55.5 Å². The number of hydrogen-bond donors (Lipinski definition) is 1. The minimum Gasteiger partial charge on any atom is -0.478 e. The van der Waals surface area contributed by atoms with E-state index in [0.29, 0.717) is 5.56 Å². The number of halogens is 1. The van der Waals surface area contributed by atoms with Crippen LogP contribution < -0.4 is 0 Å². The molecule has 0 saturated carbocycles. The van der Waals surface area contributed by atoms with Gasteiger partial charge in [-0.3, -0.25) is 0 Å². The molecule has 0 bridgehead atoms. The molecule has 0 fully saturated rings. The largest absolute Gasteiger partial charge is 0.478 e. The van der Waals surface area contributed by atoms with Gasteiger partial charge < -0.3 is 5.11 Å². The molecule has 0 amide bonds. The van der Waals surface area contributed by atoms with Crippen LogP contribution in [0.2, 0.25) is 0 Å². The lowest BCUT2D eigenvalue weighted by atomic mass is 9.84. The second kappa shape index (κ2) is 9.96. The van der Waals surface area contributed by atoms with E-state index in [0.717, 1.165) is 21.2 Å². The van der Waals surface area contributed by atoms with Crippen molar-refractivity contribution in [3.8, 4) is 0 Å². The molecule has 3 aromatic carbocycles. The van der Waals surface area contributed by atoms with Gasteiger partial charge in [0.1, 0.15) is 0 Å². The number of sulfonamides is 1. The number of carboxylic acid groups (broad SMARTS) is 1. The van der Waals surface area contributed by atoms with Gasteiger partial charge in [0, 0.05) is 4.47 Å². The molecule has 0 unspecified atom stereocenters. The van der Waals surface area contributed by atoms with Gasteiger partial charge >= 0.3 is 5.97 Å². The van der Waals surface area contributed by atoms with Gasteiger partial charge in [-0.05, 0) is 59.7 Å². The van der Waals surface area contributed by atoms with Crippen LogP contribution >= 0.6 is 15.9 Å². The van der Waals surface area contributed by atoms with Gasteiger partial charge in [-0.25, -0.2) is 13.2 Å². The lowest BCUT2D eigenvalue weighted by Crippen LogP contribution is -2.42.